The summed E-state index contributed by atoms with van der Waals surface area (Å²) in [6.45, 7) is 1.75. The van der Waals surface area contributed by atoms with Crippen molar-refractivity contribution in [3.8, 4) is 0 Å². The van der Waals surface area contributed by atoms with Crippen molar-refractivity contribution in [1.82, 2.24) is 15.1 Å². The minimum atomic E-state index is 0.0215. The molecule has 0 amide bonds. The molecule has 0 atom stereocenters. The Hall–Kier alpha value is -1.68. The molecule has 0 bridgehead atoms. The van der Waals surface area contributed by atoms with Crippen LogP contribution in [0.2, 0.25) is 0 Å². The summed E-state index contributed by atoms with van der Waals surface area (Å²) >= 11 is 0. The van der Waals surface area contributed by atoms with E-state index < -0.39 is 0 Å². The van der Waals surface area contributed by atoms with E-state index in [0.29, 0.717) is 6.54 Å². The van der Waals surface area contributed by atoms with E-state index in [1.54, 1.807) is 10.9 Å². The molecule has 0 spiro atoms. The van der Waals surface area contributed by atoms with Crippen LogP contribution >= 0.6 is 0 Å². The summed E-state index contributed by atoms with van der Waals surface area (Å²) < 4.78 is 1.58. The Morgan fingerprint density at radius 1 is 1.26 bits per heavy atom. The first kappa shape index (κ1) is 12.4. The van der Waals surface area contributed by atoms with Gasteiger partial charge in [-0.1, -0.05) is 18.2 Å². The Labute approximate surface area is 112 Å². The highest BCUT2D eigenvalue weighted by Gasteiger charge is 2.19. The first-order valence-corrected chi connectivity index (χ1v) is 7.03. The zero-order chi connectivity index (χ0) is 13.1. The molecule has 4 nitrogen and oxygen atoms in total. The molecule has 0 unspecified atom stereocenters. The lowest BCUT2D eigenvalue weighted by Crippen LogP contribution is -2.24. The van der Waals surface area contributed by atoms with Gasteiger partial charge in [-0.3, -0.25) is 4.79 Å². The second kappa shape index (κ2) is 5.53. The van der Waals surface area contributed by atoms with Gasteiger partial charge in [0.15, 0.2) is 0 Å². The van der Waals surface area contributed by atoms with Crippen LogP contribution in [0.15, 0.2) is 35.3 Å². The van der Waals surface area contributed by atoms with Crippen LogP contribution in [-0.2, 0) is 6.54 Å². The molecule has 2 aromatic rings. The Morgan fingerprint density at radius 2 is 2.11 bits per heavy atom. The second-order valence-corrected chi connectivity index (χ2v) is 5.20. The lowest BCUT2D eigenvalue weighted by atomic mass is 10.2. The molecular formula is C15H19N3O. The van der Waals surface area contributed by atoms with E-state index in [2.05, 4.69) is 10.4 Å². The highest BCUT2D eigenvalue weighted by Crippen LogP contribution is 2.18. The number of aromatic nitrogens is 2. The number of nitrogens with zero attached hydrogens (tertiary/aromatic N) is 2. The minimum Gasteiger partial charge on any atom is -0.314 e. The summed E-state index contributed by atoms with van der Waals surface area (Å²) in [7, 11) is 0. The fourth-order valence-electron chi connectivity index (χ4n) is 2.27. The average Bonchev–Trinajstić information content (AvgIpc) is 3.25. The predicted octanol–water partition coefficient (Wildman–Crippen LogP) is 1.93. The zero-order valence-corrected chi connectivity index (χ0v) is 11.0. The van der Waals surface area contributed by atoms with E-state index >= 15 is 0 Å². The topological polar surface area (TPSA) is 46.9 Å². The Kier molecular flexibility index (Phi) is 3.60. The largest absolute Gasteiger partial charge is 0.314 e. The molecule has 3 rings (SSSR count). The molecule has 0 radical (unpaired) electrons. The summed E-state index contributed by atoms with van der Waals surface area (Å²) in [5, 5.41) is 9.39. The Morgan fingerprint density at radius 3 is 2.95 bits per heavy atom. The highest BCUT2D eigenvalue weighted by molar-refractivity contribution is 5.80. The molecule has 4 heteroatoms. The number of hydrogen-bond donors (Lipinski definition) is 1. The highest BCUT2D eigenvalue weighted by atomic mass is 16.1. The van der Waals surface area contributed by atoms with Crippen LogP contribution in [0.3, 0.4) is 0 Å². The molecule has 1 aromatic heterocycles. The van der Waals surface area contributed by atoms with Gasteiger partial charge in [-0.15, -0.1) is 0 Å². The van der Waals surface area contributed by atoms with Gasteiger partial charge in [0.05, 0.1) is 11.6 Å². The first-order chi connectivity index (χ1) is 9.34. The third-order valence-corrected chi connectivity index (χ3v) is 3.57. The van der Waals surface area contributed by atoms with Crippen LogP contribution in [0.1, 0.15) is 25.7 Å². The molecule has 1 fully saturated rings. The van der Waals surface area contributed by atoms with Crippen molar-refractivity contribution in [1.29, 1.82) is 0 Å². The molecule has 1 N–H and O–H groups in total. The molecule has 1 heterocycles. The van der Waals surface area contributed by atoms with E-state index in [1.807, 2.05) is 24.3 Å². The summed E-state index contributed by atoms with van der Waals surface area (Å²) in [4.78, 5) is 12.2. The SMILES string of the molecule is O=c1c2ccccc2cnn1CCCCNC1CC1. The van der Waals surface area contributed by atoms with Crippen molar-refractivity contribution in [2.24, 2.45) is 0 Å². The number of hydrogen-bond acceptors (Lipinski definition) is 3. The summed E-state index contributed by atoms with van der Waals surface area (Å²) in [5.41, 5.74) is 0.0215. The number of fused-ring (bicyclic) bond motifs is 1. The van der Waals surface area contributed by atoms with Gasteiger partial charge in [0.25, 0.3) is 5.56 Å². The maximum atomic E-state index is 12.2. The van der Waals surface area contributed by atoms with Crippen LogP contribution in [0, 0.1) is 0 Å². The molecule has 1 aliphatic rings. The van der Waals surface area contributed by atoms with Crippen molar-refractivity contribution < 1.29 is 0 Å². The van der Waals surface area contributed by atoms with E-state index in [9.17, 15) is 4.79 Å². The zero-order valence-electron chi connectivity index (χ0n) is 11.0. The number of benzene rings is 1. The smallest absolute Gasteiger partial charge is 0.274 e. The normalized spacial score (nSPS) is 14.9. The molecule has 0 aliphatic heterocycles. The molecule has 1 aromatic carbocycles. The summed E-state index contributed by atoms with van der Waals surface area (Å²) in [6.07, 6.45) is 6.51. The van der Waals surface area contributed by atoms with Gasteiger partial charge in [-0.2, -0.15) is 5.10 Å². The van der Waals surface area contributed by atoms with Gasteiger partial charge in [0, 0.05) is 18.0 Å². The summed E-state index contributed by atoms with van der Waals surface area (Å²) in [6, 6.07) is 8.38. The Bertz CT molecular complexity index is 616. The number of aryl methyl sites for hydroxylation is 1. The third kappa shape index (κ3) is 3.01. The van der Waals surface area contributed by atoms with Crippen LogP contribution in [0.25, 0.3) is 10.8 Å². The third-order valence-electron chi connectivity index (χ3n) is 3.57. The Balaban J connectivity index is 1.60. The van der Waals surface area contributed by atoms with Crippen molar-refractivity contribution in [3.05, 3.63) is 40.8 Å². The standard InChI is InChI=1S/C15H19N3O/c19-15-14-6-2-1-5-12(14)11-17-18(15)10-4-3-9-16-13-7-8-13/h1-2,5-6,11,13,16H,3-4,7-10H2. The summed E-state index contributed by atoms with van der Waals surface area (Å²) in [5.74, 6) is 0. The van der Waals surface area contributed by atoms with Gasteiger partial charge in [0.2, 0.25) is 0 Å². The molecular weight excluding hydrogens is 238 g/mol. The monoisotopic (exact) mass is 257 g/mol. The van der Waals surface area contributed by atoms with Gasteiger partial charge in [-0.05, 0) is 38.3 Å². The predicted molar refractivity (Wildman–Crippen MR) is 76.3 cm³/mol. The van der Waals surface area contributed by atoms with Gasteiger partial charge in [-0.25, -0.2) is 4.68 Å². The van der Waals surface area contributed by atoms with Crippen LogP contribution < -0.4 is 10.9 Å². The van der Waals surface area contributed by atoms with Crippen LogP contribution in [-0.4, -0.2) is 22.4 Å². The van der Waals surface area contributed by atoms with Gasteiger partial charge in [0.1, 0.15) is 0 Å². The van der Waals surface area contributed by atoms with E-state index in [1.165, 1.54) is 12.8 Å². The fraction of sp³-hybridized carbons (Fsp3) is 0.467. The molecule has 1 aliphatic carbocycles. The lowest BCUT2D eigenvalue weighted by molar-refractivity contribution is 0.518. The van der Waals surface area contributed by atoms with Crippen molar-refractivity contribution in [2.45, 2.75) is 38.3 Å². The molecule has 1 saturated carbocycles. The van der Waals surface area contributed by atoms with Gasteiger partial charge >= 0.3 is 0 Å². The van der Waals surface area contributed by atoms with Crippen LogP contribution in [0.5, 0.6) is 0 Å². The minimum absolute atomic E-state index is 0.0215. The lowest BCUT2D eigenvalue weighted by Gasteiger charge is -2.06. The molecule has 19 heavy (non-hydrogen) atoms. The van der Waals surface area contributed by atoms with Crippen molar-refractivity contribution in [2.75, 3.05) is 6.54 Å². The maximum absolute atomic E-state index is 12.2. The molecule has 0 saturated heterocycles. The van der Waals surface area contributed by atoms with E-state index in [-0.39, 0.29) is 5.56 Å². The van der Waals surface area contributed by atoms with Crippen molar-refractivity contribution in [3.63, 3.8) is 0 Å². The quantitative estimate of drug-likeness (QED) is 0.804. The number of rotatable bonds is 6. The maximum Gasteiger partial charge on any atom is 0.274 e. The number of unbranched alkanes of at least 4 members (excludes halogenated alkanes) is 1. The van der Waals surface area contributed by atoms with E-state index in [0.717, 1.165) is 36.2 Å². The number of nitrogens with one attached hydrogen (secondary N) is 1. The van der Waals surface area contributed by atoms with Crippen molar-refractivity contribution >= 4 is 10.8 Å². The second-order valence-electron chi connectivity index (χ2n) is 5.20. The average molecular weight is 257 g/mol. The van der Waals surface area contributed by atoms with Gasteiger partial charge < -0.3 is 5.32 Å². The first-order valence-electron chi connectivity index (χ1n) is 7.03. The van der Waals surface area contributed by atoms with Crippen LogP contribution in [0.4, 0.5) is 0 Å². The fourth-order valence-corrected chi connectivity index (χ4v) is 2.27. The molecule has 100 valence electrons. The van der Waals surface area contributed by atoms with E-state index in [4.69, 9.17) is 0 Å².